The summed E-state index contributed by atoms with van der Waals surface area (Å²) < 4.78 is 1.83. The zero-order chi connectivity index (χ0) is 22.5. The van der Waals surface area contributed by atoms with Crippen molar-refractivity contribution in [3.63, 3.8) is 0 Å². The smallest absolute Gasteiger partial charge is 0.252 e. The summed E-state index contributed by atoms with van der Waals surface area (Å²) in [5.41, 5.74) is 1.16. The number of fused-ring (bicyclic) bond motifs is 1. The van der Waals surface area contributed by atoms with Crippen molar-refractivity contribution in [2.45, 2.75) is 44.3 Å². The molecular formula is C22H26Cl2N6OS. The van der Waals surface area contributed by atoms with Crippen LogP contribution in [0, 0.1) is 0 Å². The number of carbonyl (C=O) groups is 1. The number of thioether (sulfide) groups is 1. The standard InChI is InChI=1S/C22H26Cl2N6OS/c1-2-12-32-22-27-19(29-9-4-3-5-10-29)17-14-26-30(20(17)28-22)11-8-25-21(31)16-13-15(23)6-7-18(16)24/h6-7,13-14H,2-5,8-12H2,1H3,(H,25,31). The molecule has 0 aliphatic carbocycles. The number of amides is 1. The lowest BCUT2D eigenvalue weighted by atomic mass is 10.1. The quantitative estimate of drug-likeness (QED) is 0.350. The second-order valence-corrected chi connectivity index (χ2v) is 9.62. The van der Waals surface area contributed by atoms with Gasteiger partial charge in [-0.1, -0.05) is 41.9 Å². The lowest BCUT2D eigenvalue weighted by molar-refractivity contribution is 0.0952. The van der Waals surface area contributed by atoms with Crippen LogP contribution in [0.2, 0.25) is 10.0 Å². The van der Waals surface area contributed by atoms with Gasteiger partial charge in [-0.15, -0.1) is 0 Å². The molecule has 2 aromatic heterocycles. The molecule has 0 bridgehead atoms. The minimum absolute atomic E-state index is 0.267. The van der Waals surface area contributed by atoms with Gasteiger partial charge in [-0.3, -0.25) is 4.79 Å². The first-order valence-electron chi connectivity index (χ1n) is 10.9. The van der Waals surface area contributed by atoms with Gasteiger partial charge in [0.05, 0.1) is 28.7 Å². The Labute approximate surface area is 201 Å². The zero-order valence-corrected chi connectivity index (χ0v) is 20.3. The summed E-state index contributed by atoms with van der Waals surface area (Å²) in [5.74, 6) is 1.67. The van der Waals surface area contributed by atoms with Crippen LogP contribution in [-0.4, -0.2) is 51.0 Å². The van der Waals surface area contributed by atoms with E-state index in [0.29, 0.717) is 28.7 Å². The van der Waals surface area contributed by atoms with Crippen LogP contribution in [0.3, 0.4) is 0 Å². The molecule has 1 aliphatic heterocycles. The number of rotatable bonds is 8. The van der Waals surface area contributed by atoms with Crippen molar-refractivity contribution in [3.05, 3.63) is 40.0 Å². The number of nitrogens with zero attached hydrogens (tertiary/aromatic N) is 5. The first kappa shape index (κ1) is 23.1. The Morgan fingerprint density at radius 2 is 2.00 bits per heavy atom. The number of anilines is 1. The average molecular weight is 493 g/mol. The molecule has 0 saturated carbocycles. The van der Waals surface area contributed by atoms with Gasteiger partial charge in [0.2, 0.25) is 0 Å². The third kappa shape index (κ3) is 5.30. The number of carbonyl (C=O) groups excluding carboxylic acids is 1. The van der Waals surface area contributed by atoms with Gasteiger partial charge in [-0.05, 0) is 43.9 Å². The normalized spacial score (nSPS) is 14.2. The van der Waals surface area contributed by atoms with E-state index in [9.17, 15) is 4.79 Å². The lowest BCUT2D eigenvalue weighted by Crippen LogP contribution is -2.30. The predicted molar refractivity (Wildman–Crippen MR) is 131 cm³/mol. The minimum Gasteiger partial charge on any atom is -0.356 e. The van der Waals surface area contributed by atoms with Crippen LogP contribution in [-0.2, 0) is 6.54 Å². The summed E-state index contributed by atoms with van der Waals surface area (Å²) in [6, 6.07) is 4.84. The molecule has 3 aromatic rings. The second-order valence-electron chi connectivity index (χ2n) is 7.71. The number of hydrogen-bond donors (Lipinski definition) is 1. The number of halogens is 2. The molecule has 32 heavy (non-hydrogen) atoms. The fraction of sp³-hybridized carbons (Fsp3) is 0.455. The van der Waals surface area contributed by atoms with Crippen LogP contribution in [0.15, 0.2) is 29.6 Å². The van der Waals surface area contributed by atoms with E-state index in [0.717, 1.165) is 47.3 Å². The van der Waals surface area contributed by atoms with E-state index in [2.05, 4.69) is 22.2 Å². The highest BCUT2D eigenvalue weighted by atomic mass is 35.5. The fourth-order valence-electron chi connectivity index (χ4n) is 3.73. The lowest BCUT2D eigenvalue weighted by Gasteiger charge is -2.28. The molecule has 1 N–H and O–H groups in total. The van der Waals surface area contributed by atoms with E-state index in [1.165, 1.54) is 19.3 Å². The van der Waals surface area contributed by atoms with Crippen molar-refractivity contribution in [1.82, 2.24) is 25.1 Å². The van der Waals surface area contributed by atoms with Gasteiger partial charge < -0.3 is 10.2 Å². The first-order chi connectivity index (χ1) is 15.6. The van der Waals surface area contributed by atoms with E-state index in [1.54, 1.807) is 30.0 Å². The Balaban J connectivity index is 1.53. The molecule has 170 valence electrons. The molecule has 1 saturated heterocycles. The van der Waals surface area contributed by atoms with Crippen LogP contribution < -0.4 is 10.2 Å². The van der Waals surface area contributed by atoms with Crippen LogP contribution in [0.4, 0.5) is 5.82 Å². The highest BCUT2D eigenvalue weighted by Crippen LogP contribution is 2.29. The molecular weight excluding hydrogens is 467 g/mol. The molecule has 1 aliphatic rings. The molecule has 1 amide bonds. The molecule has 0 atom stereocenters. The maximum Gasteiger partial charge on any atom is 0.252 e. The van der Waals surface area contributed by atoms with Crippen LogP contribution in [0.25, 0.3) is 11.0 Å². The molecule has 0 unspecified atom stereocenters. The van der Waals surface area contributed by atoms with Gasteiger partial charge in [-0.25, -0.2) is 14.6 Å². The Bertz CT molecular complexity index is 1100. The summed E-state index contributed by atoms with van der Waals surface area (Å²) in [5, 5.41) is 10.0. The van der Waals surface area contributed by atoms with Crippen molar-refractivity contribution in [2.24, 2.45) is 0 Å². The van der Waals surface area contributed by atoms with Gasteiger partial charge in [0.1, 0.15) is 5.82 Å². The molecule has 4 rings (SSSR count). The largest absolute Gasteiger partial charge is 0.356 e. The van der Waals surface area contributed by atoms with Gasteiger partial charge in [-0.2, -0.15) is 5.10 Å². The third-order valence-corrected chi connectivity index (χ3v) is 6.95. The van der Waals surface area contributed by atoms with E-state index < -0.39 is 0 Å². The number of hydrogen-bond acceptors (Lipinski definition) is 6. The van der Waals surface area contributed by atoms with E-state index in [1.807, 2.05) is 10.9 Å². The van der Waals surface area contributed by atoms with Crippen molar-refractivity contribution in [2.75, 3.05) is 30.3 Å². The van der Waals surface area contributed by atoms with Crippen molar-refractivity contribution >= 4 is 57.7 Å². The molecule has 1 fully saturated rings. The average Bonchev–Trinajstić information content (AvgIpc) is 3.22. The maximum absolute atomic E-state index is 12.5. The Morgan fingerprint density at radius 1 is 1.19 bits per heavy atom. The number of benzene rings is 1. The van der Waals surface area contributed by atoms with Crippen molar-refractivity contribution in [3.8, 4) is 0 Å². The van der Waals surface area contributed by atoms with E-state index in [-0.39, 0.29) is 5.91 Å². The molecule has 3 heterocycles. The zero-order valence-electron chi connectivity index (χ0n) is 18.0. The monoisotopic (exact) mass is 492 g/mol. The van der Waals surface area contributed by atoms with Crippen LogP contribution in [0.5, 0.6) is 0 Å². The number of nitrogens with one attached hydrogen (secondary N) is 1. The topological polar surface area (TPSA) is 75.9 Å². The first-order valence-corrected chi connectivity index (χ1v) is 12.7. The Hall–Kier alpha value is -2.03. The van der Waals surface area contributed by atoms with Gasteiger partial charge >= 0.3 is 0 Å². The molecule has 7 nitrogen and oxygen atoms in total. The van der Waals surface area contributed by atoms with Crippen LogP contribution >= 0.6 is 35.0 Å². The predicted octanol–water partition coefficient (Wildman–Crippen LogP) is 5.06. The Kier molecular flexibility index (Phi) is 7.75. The van der Waals surface area contributed by atoms with Crippen molar-refractivity contribution in [1.29, 1.82) is 0 Å². The molecule has 0 spiro atoms. The molecule has 10 heteroatoms. The summed E-state index contributed by atoms with van der Waals surface area (Å²) in [7, 11) is 0. The second kappa shape index (κ2) is 10.7. The van der Waals surface area contributed by atoms with Crippen LogP contribution in [0.1, 0.15) is 43.0 Å². The molecule has 1 aromatic carbocycles. The molecule has 0 radical (unpaired) electrons. The SMILES string of the molecule is CCCSc1nc(N2CCCCC2)c2cnn(CCNC(=O)c3cc(Cl)ccc3Cl)c2n1. The Morgan fingerprint density at radius 3 is 2.78 bits per heavy atom. The summed E-state index contributed by atoms with van der Waals surface area (Å²) >= 11 is 13.8. The highest BCUT2D eigenvalue weighted by molar-refractivity contribution is 7.99. The maximum atomic E-state index is 12.5. The number of piperidine rings is 1. The van der Waals surface area contributed by atoms with Gasteiger partial charge in [0.25, 0.3) is 5.91 Å². The van der Waals surface area contributed by atoms with Gasteiger partial charge in [0.15, 0.2) is 10.8 Å². The van der Waals surface area contributed by atoms with Crippen molar-refractivity contribution < 1.29 is 4.79 Å². The van der Waals surface area contributed by atoms with E-state index in [4.69, 9.17) is 33.2 Å². The minimum atomic E-state index is -0.267. The van der Waals surface area contributed by atoms with E-state index >= 15 is 0 Å². The highest BCUT2D eigenvalue weighted by Gasteiger charge is 2.20. The summed E-state index contributed by atoms with van der Waals surface area (Å²) in [4.78, 5) is 24.5. The summed E-state index contributed by atoms with van der Waals surface area (Å²) in [6.07, 6.45) is 6.51. The van der Waals surface area contributed by atoms with Gasteiger partial charge in [0, 0.05) is 30.4 Å². The fourth-order valence-corrected chi connectivity index (χ4v) is 4.80. The number of aromatic nitrogens is 4. The summed E-state index contributed by atoms with van der Waals surface area (Å²) in [6.45, 7) is 5.04. The third-order valence-electron chi connectivity index (χ3n) is 5.33.